The average Bonchev–Trinajstić information content (AvgIpc) is 3.00. The minimum absolute atomic E-state index is 0.134. The van der Waals surface area contributed by atoms with Gasteiger partial charge in [0.25, 0.3) is 5.91 Å². The number of rotatable bonds is 4. The molecule has 0 spiro atoms. The molecule has 4 heteroatoms. The predicted octanol–water partition coefficient (Wildman–Crippen LogP) is 3.46. The van der Waals surface area contributed by atoms with Gasteiger partial charge in [0, 0.05) is 37.7 Å². The summed E-state index contributed by atoms with van der Waals surface area (Å²) >= 11 is 0. The van der Waals surface area contributed by atoms with Crippen molar-refractivity contribution in [3.05, 3.63) is 35.4 Å². The molecule has 0 radical (unpaired) electrons. The Morgan fingerprint density at radius 2 is 2.12 bits per heavy atom. The van der Waals surface area contributed by atoms with Crippen molar-refractivity contribution in [3.63, 3.8) is 0 Å². The Morgan fingerprint density at radius 1 is 1.29 bits per heavy atom. The van der Waals surface area contributed by atoms with Gasteiger partial charge in [0.2, 0.25) is 5.91 Å². The van der Waals surface area contributed by atoms with Gasteiger partial charge in [-0.3, -0.25) is 9.59 Å². The fourth-order valence-corrected chi connectivity index (χ4v) is 3.86. The van der Waals surface area contributed by atoms with Gasteiger partial charge in [0.1, 0.15) is 0 Å². The van der Waals surface area contributed by atoms with Crippen LogP contribution >= 0.6 is 0 Å². The zero-order chi connectivity index (χ0) is 17.1. The number of likely N-dealkylation sites (tertiary alicyclic amines) is 2. The molecule has 130 valence electrons. The van der Waals surface area contributed by atoms with Gasteiger partial charge in [-0.15, -0.1) is 0 Å². The lowest BCUT2D eigenvalue weighted by Crippen LogP contribution is -2.45. The number of nitrogens with zero attached hydrogens (tertiary/aromatic N) is 2. The van der Waals surface area contributed by atoms with Gasteiger partial charge in [0.15, 0.2) is 0 Å². The first-order valence-electron chi connectivity index (χ1n) is 9.26. The molecule has 2 atom stereocenters. The first-order valence-corrected chi connectivity index (χ1v) is 9.26. The van der Waals surface area contributed by atoms with Crippen LogP contribution in [0.3, 0.4) is 0 Å². The summed E-state index contributed by atoms with van der Waals surface area (Å²) in [6, 6.07) is 8.13. The smallest absolute Gasteiger partial charge is 0.254 e. The number of amides is 2. The third-order valence-electron chi connectivity index (χ3n) is 5.54. The molecular weight excluding hydrogens is 300 g/mol. The van der Waals surface area contributed by atoms with E-state index < -0.39 is 0 Å². The topological polar surface area (TPSA) is 40.6 Å². The van der Waals surface area contributed by atoms with Crippen molar-refractivity contribution in [1.29, 1.82) is 0 Å². The summed E-state index contributed by atoms with van der Waals surface area (Å²) < 4.78 is 0. The molecule has 2 fully saturated rings. The molecule has 3 rings (SSSR count). The SMILES string of the molecule is CC[C@H]1CC[C@@H](C)N(C(=O)c2cccc(CN3CCCC3=O)c2)C1. The van der Waals surface area contributed by atoms with Crippen molar-refractivity contribution in [1.82, 2.24) is 9.80 Å². The summed E-state index contributed by atoms with van der Waals surface area (Å²) in [5.41, 5.74) is 1.80. The minimum Gasteiger partial charge on any atom is -0.338 e. The van der Waals surface area contributed by atoms with E-state index in [1.807, 2.05) is 34.1 Å². The van der Waals surface area contributed by atoms with E-state index in [1.54, 1.807) is 0 Å². The van der Waals surface area contributed by atoms with Crippen LogP contribution in [-0.2, 0) is 11.3 Å². The van der Waals surface area contributed by atoms with Gasteiger partial charge in [-0.05, 0) is 49.8 Å². The lowest BCUT2D eigenvalue weighted by atomic mass is 9.91. The maximum Gasteiger partial charge on any atom is 0.254 e. The van der Waals surface area contributed by atoms with Gasteiger partial charge in [-0.2, -0.15) is 0 Å². The van der Waals surface area contributed by atoms with E-state index in [0.29, 0.717) is 24.9 Å². The summed E-state index contributed by atoms with van der Waals surface area (Å²) in [4.78, 5) is 28.7. The first kappa shape index (κ1) is 17.0. The number of benzene rings is 1. The lowest BCUT2D eigenvalue weighted by Gasteiger charge is -2.38. The molecule has 4 nitrogen and oxygen atoms in total. The summed E-state index contributed by atoms with van der Waals surface area (Å²) in [5, 5.41) is 0. The van der Waals surface area contributed by atoms with Crippen molar-refractivity contribution in [2.24, 2.45) is 5.92 Å². The van der Waals surface area contributed by atoms with Crippen LogP contribution in [0.5, 0.6) is 0 Å². The molecule has 0 N–H and O–H groups in total. The van der Waals surface area contributed by atoms with Crippen LogP contribution in [0.15, 0.2) is 24.3 Å². The zero-order valence-corrected chi connectivity index (χ0v) is 14.8. The van der Waals surface area contributed by atoms with Crippen molar-refractivity contribution >= 4 is 11.8 Å². The van der Waals surface area contributed by atoms with Crippen LogP contribution in [0, 0.1) is 5.92 Å². The third kappa shape index (κ3) is 3.63. The van der Waals surface area contributed by atoms with Gasteiger partial charge in [-0.1, -0.05) is 25.5 Å². The molecule has 2 saturated heterocycles. The fourth-order valence-electron chi connectivity index (χ4n) is 3.86. The van der Waals surface area contributed by atoms with Gasteiger partial charge < -0.3 is 9.80 Å². The molecule has 0 aliphatic carbocycles. The van der Waals surface area contributed by atoms with E-state index in [9.17, 15) is 9.59 Å². The Labute approximate surface area is 144 Å². The number of hydrogen-bond acceptors (Lipinski definition) is 2. The third-order valence-corrected chi connectivity index (χ3v) is 5.54. The quantitative estimate of drug-likeness (QED) is 0.849. The number of carbonyl (C=O) groups is 2. The second-order valence-corrected chi connectivity index (χ2v) is 7.28. The molecule has 2 heterocycles. The first-order chi connectivity index (χ1) is 11.6. The van der Waals surface area contributed by atoms with Crippen molar-refractivity contribution in [3.8, 4) is 0 Å². The monoisotopic (exact) mass is 328 g/mol. The molecule has 2 amide bonds. The van der Waals surface area contributed by atoms with Crippen LogP contribution in [0.2, 0.25) is 0 Å². The van der Waals surface area contributed by atoms with Gasteiger partial charge >= 0.3 is 0 Å². The minimum atomic E-state index is 0.134. The Kier molecular flexibility index (Phi) is 5.22. The molecular formula is C20H28N2O2. The van der Waals surface area contributed by atoms with Crippen LogP contribution in [0.1, 0.15) is 61.9 Å². The highest BCUT2D eigenvalue weighted by atomic mass is 16.2. The van der Waals surface area contributed by atoms with Crippen LogP contribution in [0.25, 0.3) is 0 Å². The molecule has 1 aromatic carbocycles. The van der Waals surface area contributed by atoms with E-state index in [2.05, 4.69) is 13.8 Å². The summed E-state index contributed by atoms with van der Waals surface area (Å²) in [5.74, 6) is 0.980. The molecule has 24 heavy (non-hydrogen) atoms. The zero-order valence-electron chi connectivity index (χ0n) is 14.8. The second-order valence-electron chi connectivity index (χ2n) is 7.28. The number of piperidine rings is 1. The normalized spacial score (nSPS) is 24.5. The molecule has 0 unspecified atom stereocenters. The Morgan fingerprint density at radius 3 is 2.83 bits per heavy atom. The fraction of sp³-hybridized carbons (Fsp3) is 0.600. The largest absolute Gasteiger partial charge is 0.338 e. The highest BCUT2D eigenvalue weighted by molar-refractivity contribution is 5.94. The highest BCUT2D eigenvalue weighted by Gasteiger charge is 2.29. The molecule has 2 aliphatic rings. The molecule has 0 aromatic heterocycles. The van der Waals surface area contributed by atoms with Crippen LogP contribution in [-0.4, -0.2) is 40.7 Å². The van der Waals surface area contributed by atoms with Crippen molar-refractivity contribution in [2.45, 2.75) is 58.5 Å². The lowest BCUT2D eigenvalue weighted by molar-refractivity contribution is -0.128. The van der Waals surface area contributed by atoms with E-state index in [1.165, 1.54) is 6.42 Å². The average molecular weight is 328 g/mol. The maximum absolute atomic E-state index is 13.0. The van der Waals surface area contributed by atoms with Crippen molar-refractivity contribution in [2.75, 3.05) is 13.1 Å². The van der Waals surface area contributed by atoms with E-state index in [-0.39, 0.29) is 11.8 Å². The molecule has 2 aliphatic heterocycles. The summed E-state index contributed by atoms with van der Waals surface area (Å²) in [6.07, 6.45) is 5.04. The number of hydrogen-bond donors (Lipinski definition) is 0. The standard InChI is InChI=1S/C20H28N2O2/c1-3-16-10-9-15(2)22(14-16)20(24)18-7-4-6-17(12-18)13-21-11-5-8-19(21)23/h4,6-7,12,15-16H,3,5,8-11,13-14H2,1-2H3/t15-,16+/m1/s1. The Hall–Kier alpha value is -1.84. The molecule has 1 aromatic rings. The highest BCUT2D eigenvalue weighted by Crippen LogP contribution is 2.26. The second kappa shape index (κ2) is 7.37. The van der Waals surface area contributed by atoms with Crippen LogP contribution in [0.4, 0.5) is 0 Å². The van der Waals surface area contributed by atoms with Crippen molar-refractivity contribution < 1.29 is 9.59 Å². The van der Waals surface area contributed by atoms with E-state index in [4.69, 9.17) is 0 Å². The van der Waals surface area contributed by atoms with E-state index >= 15 is 0 Å². The van der Waals surface area contributed by atoms with Gasteiger partial charge in [-0.25, -0.2) is 0 Å². The molecule has 0 bridgehead atoms. The summed E-state index contributed by atoms with van der Waals surface area (Å²) in [6.45, 7) is 6.67. The summed E-state index contributed by atoms with van der Waals surface area (Å²) in [7, 11) is 0. The maximum atomic E-state index is 13.0. The van der Waals surface area contributed by atoms with E-state index in [0.717, 1.165) is 43.5 Å². The number of carbonyl (C=O) groups excluding carboxylic acids is 2. The Balaban J connectivity index is 1.72. The van der Waals surface area contributed by atoms with Gasteiger partial charge in [0.05, 0.1) is 0 Å². The predicted molar refractivity (Wildman–Crippen MR) is 94.6 cm³/mol. The van der Waals surface area contributed by atoms with Crippen LogP contribution < -0.4 is 0 Å². The Bertz CT molecular complexity index is 613. The molecule has 0 saturated carbocycles.